The molecule has 1 aromatic rings. The zero-order chi connectivity index (χ0) is 10.6. The molecule has 0 spiro atoms. The lowest BCUT2D eigenvalue weighted by molar-refractivity contribution is 0.101. The number of benzene rings is 1. The van der Waals surface area contributed by atoms with Gasteiger partial charge in [-0.3, -0.25) is 4.79 Å². The zero-order valence-corrected chi connectivity index (χ0v) is 7.16. The Bertz CT molecular complexity index is 361. The van der Waals surface area contributed by atoms with Crippen molar-refractivity contribution in [3.8, 4) is 0 Å². The molecule has 3 N–H and O–H groups in total. The monoisotopic (exact) mass is 193 g/mol. The van der Waals surface area contributed by atoms with Gasteiger partial charge in [-0.05, 0) is 6.07 Å². The van der Waals surface area contributed by atoms with Gasteiger partial charge in [-0.2, -0.15) is 0 Å². The highest BCUT2D eigenvalue weighted by Gasteiger charge is 2.12. The quantitative estimate of drug-likeness (QED) is 0.470. The summed E-state index contributed by atoms with van der Waals surface area (Å²) in [4.78, 5) is 14.5. The minimum Gasteiger partial charge on any atom is -0.402 e. The molecular weight excluding hydrogens is 185 g/mol. The van der Waals surface area contributed by atoms with Crippen molar-refractivity contribution in [2.24, 2.45) is 4.99 Å². The Kier molecular flexibility index (Phi) is 3.52. The number of amides is 1. The van der Waals surface area contributed by atoms with E-state index in [2.05, 4.69) is 4.99 Å². The second kappa shape index (κ2) is 4.66. The van der Waals surface area contributed by atoms with Crippen LogP contribution in [0.25, 0.3) is 0 Å². The summed E-state index contributed by atoms with van der Waals surface area (Å²) >= 11 is 0. The van der Waals surface area contributed by atoms with Crippen LogP contribution in [0.1, 0.15) is 15.9 Å². The van der Waals surface area contributed by atoms with E-state index in [-0.39, 0.29) is 5.91 Å². The van der Waals surface area contributed by atoms with Crippen molar-refractivity contribution in [3.63, 3.8) is 0 Å². The Balaban J connectivity index is 0.000000213. The predicted octanol–water partition coefficient (Wildman–Crippen LogP) is -0.792. The second-order valence-electron chi connectivity index (χ2n) is 2.50. The first-order valence-electron chi connectivity index (χ1n) is 3.83. The summed E-state index contributed by atoms with van der Waals surface area (Å²) in [6.45, 7) is 0. The second-order valence-corrected chi connectivity index (χ2v) is 2.50. The molecule has 6 heteroatoms. The fourth-order valence-electron chi connectivity index (χ4n) is 1.00. The van der Waals surface area contributed by atoms with Gasteiger partial charge >= 0.3 is 7.32 Å². The van der Waals surface area contributed by atoms with Gasteiger partial charge in [0.15, 0.2) is 0 Å². The van der Waals surface area contributed by atoms with Gasteiger partial charge < -0.3 is 15.1 Å². The number of fused-ring (bicyclic) bond motifs is 1. The molecule has 0 saturated carbocycles. The van der Waals surface area contributed by atoms with Crippen molar-refractivity contribution in [2.45, 2.75) is 0 Å². The molecule has 0 unspecified atom stereocenters. The van der Waals surface area contributed by atoms with Crippen LogP contribution in [-0.2, 0) is 0 Å². The third-order valence-electron chi connectivity index (χ3n) is 1.51. The van der Waals surface area contributed by atoms with Gasteiger partial charge in [0.05, 0.1) is 5.56 Å². The summed E-state index contributed by atoms with van der Waals surface area (Å²) in [7, 11) is -2.17. The maximum Gasteiger partial charge on any atom is 0.631 e. The summed E-state index contributed by atoms with van der Waals surface area (Å²) in [6, 6.07) is 7.39. The van der Waals surface area contributed by atoms with Gasteiger partial charge in [-0.15, -0.1) is 0 Å². The minimum absolute atomic E-state index is 0.129. The molecule has 1 aliphatic rings. The van der Waals surface area contributed by atoms with Crippen molar-refractivity contribution in [2.75, 3.05) is 0 Å². The standard InChI is InChI=1S/C8H5NO.BH3O3/c10-8-7-4-2-1-3-6(7)5-9-8;2-1(3)4/h1-5H;2-4H. The van der Waals surface area contributed by atoms with Crippen LogP contribution in [0.4, 0.5) is 0 Å². The van der Waals surface area contributed by atoms with Crippen molar-refractivity contribution in [1.82, 2.24) is 0 Å². The summed E-state index contributed by atoms with van der Waals surface area (Å²) in [6.07, 6.45) is 1.59. The first-order chi connectivity index (χ1) is 6.61. The fourth-order valence-corrected chi connectivity index (χ4v) is 1.00. The van der Waals surface area contributed by atoms with E-state index in [1.54, 1.807) is 12.3 Å². The van der Waals surface area contributed by atoms with E-state index in [0.717, 1.165) is 5.56 Å². The lowest BCUT2D eigenvalue weighted by atomic mass is 10.1. The van der Waals surface area contributed by atoms with E-state index >= 15 is 0 Å². The molecule has 2 rings (SSSR count). The molecule has 0 aliphatic carbocycles. The SMILES string of the molecule is O=C1N=Cc2ccccc21.OB(O)O. The Morgan fingerprint density at radius 3 is 2.29 bits per heavy atom. The van der Waals surface area contributed by atoms with Crippen LogP contribution in [0, 0.1) is 0 Å². The highest BCUT2D eigenvalue weighted by molar-refractivity contribution is 6.30. The third-order valence-corrected chi connectivity index (χ3v) is 1.51. The zero-order valence-electron chi connectivity index (χ0n) is 7.16. The molecule has 1 amide bonds. The van der Waals surface area contributed by atoms with Gasteiger partial charge in [0.2, 0.25) is 0 Å². The van der Waals surface area contributed by atoms with E-state index in [9.17, 15) is 4.79 Å². The van der Waals surface area contributed by atoms with E-state index in [1.165, 1.54) is 0 Å². The molecule has 0 atom stereocenters. The van der Waals surface area contributed by atoms with Crippen molar-refractivity contribution >= 4 is 19.4 Å². The summed E-state index contributed by atoms with van der Waals surface area (Å²) in [5.74, 6) is -0.129. The summed E-state index contributed by atoms with van der Waals surface area (Å²) in [5, 5.41) is 21.5. The van der Waals surface area contributed by atoms with Gasteiger partial charge in [0.25, 0.3) is 5.91 Å². The van der Waals surface area contributed by atoms with Crippen LogP contribution in [0.3, 0.4) is 0 Å². The molecule has 72 valence electrons. The Labute approximate surface area is 80.5 Å². The smallest absolute Gasteiger partial charge is 0.402 e. The van der Waals surface area contributed by atoms with Crippen LogP contribution >= 0.6 is 0 Å². The molecule has 1 heterocycles. The maximum absolute atomic E-state index is 10.9. The number of hydrogen-bond acceptors (Lipinski definition) is 4. The van der Waals surface area contributed by atoms with Crippen molar-refractivity contribution < 1.29 is 19.9 Å². The fraction of sp³-hybridized carbons (Fsp3) is 0. The minimum atomic E-state index is -2.17. The molecular formula is C8H8BNO4. The highest BCUT2D eigenvalue weighted by Crippen LogP contribution is 2.12. The predicted molar refractivity (Wildman–Crippen MR) is 50.8 cm³/mol. The normalized spacial score (nSPS) is 11.8. The Morgan fingerprint density at radius 2 is 1.71 bits per heavy atom. The number of nitrogens with zero attached hydrogens (tertiary/aromatic N) is 1. The molecule has 5 nitrogen and oxygen atoms in total. The molecule has 14 heavy (non-hydrogen) atoms. The largest absolute Gasteiger partial charge is 0.631 e. The lowest BCUT2D eigenvalue weighted by Crippen LogP contribution is -2.07. The first-order valence-corrected chi connectivity index (χ1v) is 3.83. The van der Waals surface area contributed by atoms with Gasteiger partial charge in [0, 0.05) is 11.8 Å². The Hall–Kier alpha value is -1.50. The van der Waals surface area contributed by atoms with Gasteiger partial charge in [-0.25, -0.2) is 4.99 Å². The van der Waals surface area contributed by atoms with Crippen molar-refractivity contribution in [1.29, 1.82) is 0 Å². The average molecular weight is 193 g/mol. The average Bonchev–Trinajstić information content (AvgIpc) is 2.48. The van der Waals surface area contributed by atoms with Crippen LogP contribution in [0.15, 0.2) is 29.3 Å². The van der Waals surface area contributed by atoms with Crippen LogP contribution in [0.5, 0.6) is 0 Å². The molecule has 1 aromatic carbocycles. The third kappa shape index (κ3) is 2.77. The van der Waals surface area contributed by atoms with Crippen LogP contribution in [0.2, 0.25) is 0 Å². The highest BCUT2D eigenvalue weighted by atomic mass is 16.5. The first kappa shape index (κ1) is 10.6. The molecule has 0 aromatic heterocycles. The van der Waals surface area contributed by atoms with Crippen LogP contribution < -0.4 is 0 Å². The number of rotatable bonds is 0. The summed E-state index contributed by atoms with van der Waals surface area (Å²) in [5.41, 5.74) is 1.63. The van der Waals surface area contributed by atoms with E-state index in [4.69, 9.17) is 15.1 Å². The Morgan fingerprint density at radius 1 is 1.14 bits per heavy atom. The lowest BCUT2D eigenvalue weighted by Gasteiger charge is -1.89. The van der Waals surface area contributed by atoms with Crippen molar-refractivity contribution in [3.05, 3.63) is 35.4 Å². The van der Waals surface area contributed by atoms with Gasteiger partial charge in [0.1, 0.15) is 0 Å². The van der Waals surface area contributed by atoms with E-state index in [0.29, 0.717) is 5.56 Å². The molecule has 0 fully saturated rings. The number of carbonyl (C=O) groups excluding carboxylic acids is 1. The molecule has 0 bridgehead atoms. The van der Waals surface area contributed by atoms with E-state index in [1.807, 2.05) is 18.2 Å². The number of hydrogen-bond donors (Lipinski definition) is 3. The molecule has 0 radical (unpaired) electrons. The number of carbonyl (C=O) groups is 1. The van der Waals surface area contributed by atoms with Crippen LogP contribution in [-0.4, -0.2) is 34.5 Å². The molecule has 1 aliphatic heterocycles. The van der Waals surface area contributed by atoms with E-state index < -0.39 is 7.32 Å². The molecule has 0 saturated heterocycles. The number of aliphatic imine (C=N–C) groups is 1. The maximum atomic E-state index is 10.9. The summed E-state index contributed by atoms with van der Waals surface area (Å²) < 4.78 is 0. The van der Waals surface area contributed by atoms with Gasteiger partial charge in [-0.1, -0.05) is 18.2 Å². The topological polar surface area (TPSA) is 90.1 Å².